The van der Waals surface area contributed by atoms with Crippen LogP contribution in [-0.2, 0) is 33.9 Å². The number of nitrogens with one attached hydrogen (secondary N) is 2. The predicted octanol–water partition coefficient (Wildman–Crippen LogP) is 8.12. The molecule has 0 radical (unpaired) electrons. The molecule has 0 fully saturated rings. The van der Waals surface area contributed by atoms with Gasteiger partial charge in [0.15, 0.2) is 0 Å². The third kappa shape index (κ3) is 6.11. The Hall–Kier alpha value is -2.71. The van der Waals surface area contributed by atoms with E-state index in [-0.39, 0.29) is 21.1 Å². The number of aromatic nitrogens is 4. The fraction of sp³-hybridized carbons (Fsp3) is 0.333. The van der Waals surface area contributed by atoms with Crippen LogP contribution in [0, 0.1) is 0 Å². The summed E-state index contributed by atoms with van der Waals surface area (Å²) in [5.74, 6) is 0. The van der Waals surface area contributed by atoms with E-state index in [2.05, 4.69) is 66.3 Å². The molecule has 5 heterocycles. The Morgan fingerprint density at radius 2 is 1.17 bits per heavy atom. The van der Waals surface area contributed by atoms with E-state index in [4.69, 9.17) is 9.97 Å². The van der Waals surface area contributed by atoms with Crippen molar-refractivity contribution in [3.8, 4) is 0 Å². The number of unbranched alkanes of at least 4 members (excludes halogenated alkanes) is 5. The SMILES string of the molecule is CCCCCCCCc1c(CC)c2cc3nc(cc4nc(cc5ccc(cc1[nH]2)[nH]5)C=C4)C=C3.[Pt]. The minimum Gasteiger partial charge on any atom is -0.355 e. The number of hydrogen-bond acceptors (Lipinski definition) is 2. The molecule has 2 N–H and O–H groups in total. The Balaban J connectivity index is 0.00000289. The maximum absolute atomic E-state index is 4.83. The van der Waals surface area contributed by atoms with E-state index in [1.165, 1.54) is 60.7 Å². The van der Waals surface area contributed by atoms with E-state index in [0.29, 0.717) is 0 Å². The van der Waals surface area contributed by atoms with Crippen molar-refractivity contribution in [3.05, 3.63) is 70.3 Å². The molecule has 8 bridgehead atoms. The number of fused-ring (bicyclic) bond motifs is 8. The summed E-state index contributed by atoms with van der Waals surface area (Å²) in [4.78, 5) is 16.8. The van der Waals surface area contributed by atoms with Crippen molar-refractivity contribution in [1.82, 2.24) is 19.9 Å². The Morgan fingerprint density at radius 3 is 1.86 bits per heavy atom. The van der Waals surface area contributed by atoms with E-state index < -0.39 is 0 Å². The predicted molar refractivity (Wildman–Crippen MR) is 145 cm³/mol. The standard InChI is InChI=1S/C30H34N4.Pt/c1-3-5-6-7-8-9-10-28-27(4-2)29-19-25-15-13-23(32-25)17-21-11-12-22(31-21)18-24-14-16-26(33-24)20-30(28)34-29;/h11-20,33-34H,3-10H2,1-2H3;. The quantitative estimate of drug-likeness (QED) is 0.168. The Bertz CT molecular complexity index is 1390. The van der Waals surface area contributed by atoms with E-state index in [9.17, 15) is 0 Å². The molecule has 0 saturated heterocycles. The molecular formula is C30H34N4Pt. The van der Waals surface area contributed by atoms with Gasteiger partial charge in [-0.1, -0.05) is 46.0 Å². The van der Waals surface area contributed by atoms with Crippen molar-refractivity contribution in [2.45, 2.75) is 65.2 Å². The van der Waals surface area contributed by atoms with Crippen LogP contribution in [-0.4, -0.2) is 19.9 Å². The maximum atomic E-state index is 4.83. The first-order chi connectivity index (χ1) is 16.7. The molecule has 3 aromatic heterocycles. The zero-order valence-electron chi connectivity index (χ0n) is 20.6. The van der Waals surface area contributed by atoms with E-state index in [1.807, 2.05) is 18.2 Å². The molecule has 4 nitrogen and oxygen atoms in total. The number of nitrogens with zero attached hydrogens (tertiary/aromatic N) is 2. The van der Waals surface area contributed by atoms with Crippen LogP contribution < -0.4 is 0 Å². The second-order valence-corrected chi connectivity index (χ2v) is 9.32. The minimum atomic E-state index is 0. The van der Waals surface area contributed by atoms with Gasteiger partial charge in [0.2, 0.25) is 0 Å². The van der Waals surface area contributed by atoms with Crippen molar-refractivity contribution in [2.24, 2.45) is 0 Å². The molecule has 2 aliphatic rings. The van der Waals surface area contributed by atoms with E-state index >= 15 is 0 Å². The maximum Gasteiger partial charge on any atom is 0.0659 e. The summed E-state index contributed by atoms with van der Waals surface area (Å²) in [6.07, 6.45) is 18.2. The van der Waals surface area contributed by atoms with E-state index in [0.717, 1.165) is 46.7 Å². The van der Waals surface area contributed by atoms with Crippen molar-refractivity contribution < 1.29 is 21.1 Å². The molecule has 0 aromatic carbocycles. The van der Waals surface area contributed by atoms with Crippen LogP contribution in [0.1, 0.15) is 86.3 Å². The fourth-order valence-electron chi connectivity index (χ4n) is 4.96. The van der Waals surface area contributed by atoms with Gasteiger partial charge in [-0.3, -0.25) is 0 Å². The van der Waals surface area contributed by atoms with Crippen molar-refractivity contribution in [2.75, 3.05) is 0 Å². The van der Waals surface area contributed by atoms with Crippen LogP contribution in [0.3, 0.4) is 0 Å². The van der Waals surface area contributed by atoms with Gasteiger partial charge in [-0.15, -0.1) is 0 Å². The number of rotatable bonds is 8. The first-order valence-corrected chi connectivity index (χ1v) is 12.8. The average Bonchev–Trinajstić information content (AvgIpc) is 3.61. The molecule has 0 aliphatic carbocycles. The van der Waals surface area contributed by atoms with Gasteiger partial charge in [0.1, 0.15) is 0 Å². The summed E-state index contributed by atoms with van der Waals surface area (Å²) >= 11 is 0. The topological polar surface area (TPSA) is 57.4 Å². The monoisotopic (exact) mass is 645 g/mol. The van der Waals surface area contributed by atoms with Crippen molar-refractivity contribution in [1.29, 1.82) is 0 Å². The number of hydrogen-bond donors (Lipinski definition) is 2. The van der Waals surface area contributed by atoms with Crippen molar-refractivity contribution >= 4 is 46.4 Å². The largest absolute Gasteiger partial charge is 0.355 e. The molecule has 5 heteroatoms. The molecule has 0 spiro atoms. The molecule has 2 aliphatic heterocycles. The molecule has 35 heavy (non-hydrogen) atoms. The van der Waals surface area contributed by atoms with Crippen molar-refractivity contribution in [3.63, 3.8) is 0 Å². The summed E-state index contributed by atoms with van der Waals surface area (Å²) in [7, 11) is 0. The molecular weight excluding hydrogens is 611 g/mol. The molecule has 184 valence electrons. The second-order valence-electron chi connectivity index (χ2n) is 9.32. The van der Waals surface area contributed by atoms with Gasteiger partial charge in [0.05, 0.1) is 22.8 Å². The molecule has 3 aromatic rings. The smallest absolute Gasteiger partial charge is 0.0659 e. The third-order valence-electron chi connectivity index (χ3n) is 6.71. The second kappa shape index (κ2) is 11.8. The van der Waals surface area contributed by atoms with Crippen LogP contribution in [0.5, 0.6) is 0 Å². The zero-order valence-corrected chi connectivity index (χ0v) is 22.9. The van der Waals surface area contributed by atoms with Gasteiger partial charge < -0.3 is 9.97 Å². The number of H-pyrrole nitrogens is 2. The molecule has 0 unspecified atom stereocenters. The van der Waals surface area contributed by atoms with Crippen LogP contribution >= 0.6 is 0 Å². The van der Waals surface area contributed by atoms with Gasteiger partial charge in [-0.2, -0.15) is 0 Å². The summed E-state index contributed by atoms with van der Waals surface area (Å²) in [6.45, 7) is 4.53. The first-order valence-electron chi connectivity index (χ1n) is 12.8. The van der Waals surface area contributed by atoms with Gasteiger partial charge in [0.25, 0.3) is 0 Å². The summed E-state index contributed by atoms with van der Waals surface area (Å²) in [6, 6.07) is 12.9. The van der Waals surface area contributed by atoms with Gasteiger partial charge in [0, 0.05) is 43.1 Å². The third-order valence-corrected chi connectivity index (χ3v) is 6.71. The Morgan fingerprint density at radius 1 is 0.600 bits per heavy atom. The number of aromatic amines is 2. The fourth-order valence-corrected chi connectivity index (χ4v) is 4.96. The van der Waals surface area contributed by atoms with Crippen LogP contribution in [0.15, 0.2) is 36.4 Å². The first kappa shape index (κ1) is 25.4. The average molecular weight is 646 g/mol. The molecule has 5 rings (SSSR count). The summed E-state index contributed by atoms with van der Waals surface area (Å²) < 4.78 is 0. The van der Waals surface area contributed by atoms with Crippen LogP contribution in [0.4, 0.5) is 0 Å². The van der Waals surface area contributed by atoms with Gasteiger partial charge >= 0.3 is 0 Å². The molecule has 0 amide bonds. The molecule has 0 saturated carbocycles. The normalized spacial score (nSPS) is 12.2. The number of aryl methyl sites for hydroxylation is 2. The Kier molecular flexibility index (Phi) is 8.57. The van der Waals surface area contributed by atoms with Gasteiger partial charge in [-0.05, 0) is 91.1 Å². The summed E-state index contributed by atoms with van der Waals surface area (Å²) in [5, 5.41) is 0. The molecule has 0 atom stereocenters. The van der Waals surface area contributed by atoms with E-state index in [1.54, 1.807) is 0 Å². The van der Waals surface area contributed by atoms with Crippen LogP contribution in [0.25, 0.3) is 46.4 Å². The summed E-state index contributed by atoms with van der Waals surface area (Å²) in [5.41, 5.74) is 11.2. The zero-order chi connectivity index (χ0) is 23.3. The van der Waals surface area contributed by atoms with Gasteiger partial charge in [-0.25, -0.2) is 9.97 Å². The minimum absolute atomic E-state index is 0. The van der Waals surface area contributed by atoms with Crippen LogP contribution in [0.2, 0.25) is 0 Å². The Labute approximate surface area is 222 Å².